The normalized spacial score (nSPS) is 33.3. The number of esters is 2. The molecule has 4 aromatic carbocycles. The molecule has 18 nitrogen and oxygen atoms in total. The summed E-state index contributed by atoms with van der Waals surface area (Å²) >= 11 is 0. The summed E-state index contributed by atoms with van der Waals surface area (Å²) in [6.45, 7) is 11.1. The molecule has 388 valence electrons. The van der Waals surface area contributed by atoms with Crippen LogP contribution in [0.3, 0.4) is 0 Å². The van der Waals surface area contributed by atoms with Crippen molar-refractivity contribution in [1.29, 1.82) is 0 Å². The summed E-state index contributed by atoms with van der Waals surface area (Å²) in [5, 5.41) is 36.0. The fourth-order valence-electron chi connectivity index (χ4n) is 8.26. The minimum absolute atomic E-state index is 0.233. The molecule has 4 saturated heterocycles. The highest BCUT2D eigenvalue weighted by atomic mass is 16.9. The number of aliphatic hydroxyl groups is 4. The Morgan fingerprint density at radius 1 is 0.493 bits per heavy atom. The predicted molar refractivity (Wildman–Crippen MR) is 252 cm³/mol. The summed E-state index contributed by atoms with van der Waals surface area (Å²) in [7, 11) is 1.55. The third-order valence-electron chi connectivity index (χ3n) is 12.1. The van der Waals surface area contributed by atoms with Gasteiger partial charge >= 0.3 is 11.9 Å². The third-order valence-corrected chi connectivity index (χ3v) is 12.1. The Bertz CT molecular complexity index is 2160. The number of methoxy groups -OCH3 is 1. The first-order valence-corrected chi connectivity index (χ1v) is 23.6. The zero-order valence-corrected chi connectivity index (χ0v) is 41.0. The Morgan fingerprint density at radius 3 is 1.34 bits per heavy atom. The Labute approximate surface area is 414 Å². The lowest BCUT2D eigenvalue weighted by atomic mass is 9.98. The zero-order chi connectivity index (χ0) is 51.1. The van der Waals surface area contributed by atoms with Crippen molar-refractivity contribution in [3.8, 4) is 0 Å². The number of carbonyl (C=O) groups is 2. The number of benzene rings is 4. The molecular weight excluding hydrogens is 925 g/mol. The van der Waals surface area contributed by atoms with Crippen molar-refractivity contribution in [3.05, 3.63) is 144 Å². The lowest BCUT2D eigenvalue weighted by Crippen LogP contribution is -2.60. The molecular formula is C53H68O18. The van der Waals surface area contributed by atoms with E-state index in [1.807, 2.05) is 135 Å². The van der Waals surface area contributed by atoms with E-state index in [1.165, 1.54) is 20.8 Å². The maximum atomic E-state index is 11.8. The molecule has 0 saturated carbocycles. The highest BCUT2D eigenvalue weighted by Crippen LogP contribution is 2.39. The van der Waals surface area contributed by atoms with Crippen LogP contribution < -0.4 is 0 Å². The molecule has 8 rings (SSSR count). The number of hydrogen-bond acceptors (Lipinski definition) is 18. The molecule has 0 amide bonds. The molecule has 0 spiro atoms. The Hall–Kier alpha value is -4.74. The van der Waals surface area contributed by atoms with Crippen molar-refractivity contribution < 1.29 is 86.9 Å². The van der Waals surface area contributed by atoms with Gasteiger partial charge < -0.3 is 72.5 Å². The van der Waals surface area contributed by atoms with Crippen LogP contribution in [-0.4, -0.2) is 138 Å². The van der Waals surface area contributed by atoms with E-state index in [0.29, 0.717) is 19.8 Å². The smallest absolute Gasteiger partial charge is 0.305 e. The molecule has 8 unspecified atom stereocenters. The molecule has 0 aromatic heterocycles. The number of fused-ring (bicyclic) bond motifs is 1. The van der Waals surface area contributed by atoms with Crippen molar-refractivity contribution in [3.63, 3.8) is 0 Å². The molecule has 4 aromatic rings. The molecule has 18 heteroatoms. The summed E-state index contributed by atoms with van der Waals surface area (Å²) in [6, 6.07) is 39.4. The van der Waals surface area contributed by atoms with Gasteiger partial charge in [0.2, 0.25) is 6.29 Å². The van der Waals surface area contributed by atoms with Gasteiger partial charge in [-0.05, 0) is 43.0 Å². The third kappa shape index (κ3) is 15.9. The number of rotatable bonds is 15. The van der Waals surface area contributed by atoms with Gasteiger partial charge in [0.05, 0.1) is 44.7 Å². The Kier molecular flexibility index (Phi) is 21.0. The van der Waals surface area contributed by atoms with E-state index in [-0.39, 0.29) is 24.9 Å². The molecule has 4 aliphatic heterocycles. The second-order valence-corrected chi connectivity index (χ2v) is 17.6. The Morgan fingerprint density at radius 2 is 0.901 bits per heavy atom. The van der Waals surface area contributed by atoms with Crippen molar-refractivity contribution in [2.75, 3.05) is 7.11 Å². The van der Waals surface area contributed by atoms with Gasteiger partial charge in [-0.1, -0.05) is 121 Å². The van der Waals surface area contributed by atoms with Gasteiger partial charge in [-0.15, -0.1) is 0 Å². The number of carbonyl (C=O) groups excluding carboxylic acids is 2. The zero-order valence-electron chi connectivity index (χ0n) is 41.0. The standard InChI is InChI=1S/C24H28O7.C23H28O6.C6H12O5/c1-16-21(27-14-19-10-6-4-7-11-19)22(28-15-20-12-8-5-9-13-20)23(30-17(2)25)24(29-16)31-18(3)26;1-16-19(25-14-17-10-6-4-7-11-17)20(26-15-18-12-8-5-9-13-18)21-22(27-16)29-23(2,24-3)28-21;1-2-3(7)4(8)5(9)6(10)11-2/h4-13,16,21-24H,14-15H2,1-3H3;4-13,16,19-22H,14-15H2,1-3H3;2-10H,1H3/t16?,21-,22-,23?,24-;16?,19-,20-,21?,22+,23?;2?,3-,4-,5?,6?/m000/s1. The van der Waals surface area contributed by atoms with Crippen LogP contribution in [0.5, 0.6) is 0 Å². The van der Waals surface area contributed by atoms with Crippen LogP contribution in [0.1, 0.15) is 63.8 Å². The molecule has 16 atom stereocenters. The second kappa shape index (κ2) is 26.8. The van der Waals surface area contributed by atoms with E-state index in [1.54, 1.807) is 14.0 Å². The Balaban J connectivity index is 0.000000192. The highest BCUT2D eigenvalue weighted by molar-refractivity contribution is 5.67. The molecule has 0 radical (unpaired) electrons. The summed E-state index contributed by atoms with van der Waals surface area (Å²) in [4.78, 5) is 23.4. The first-order chi connectivity index (χ1) is 34.0. The number of ether oxygens (including phenoxy) is 12. The van der Waals surface area contributed by atoms with E-state index < -0.39 is 91.7 Å². The van der Waals surface area contributed by atoms with E-state index in [2.05, 4.69) is 4.74 Å². The molecule has 0 aliphatic carbocycles. The maximum Gasteiger partial charge on any atom is 0.305 e. The maximum absolute atomic E-state index is 11.8. The monoisotopic (exact) mass is 992 g/mol. The van der Waals surface area contributed by atoms with Gasteiger partial charge in [-0.25, -0.2) is 0 Å². The first kappa shape index (κ1) is 55.6. The van der Waals surface area contributed by atoms with Crippen LogP contribution in [0, 0.1) is 0 Å². The van der Waals surface area contributed by atoms with Crippen LogP contribution in [-0.2, 0) is 92.9 Å². The van der Waals surface area contributed by atoms with Crippen LogP contribution in [0.2, 0.25) is 0 Å². The topological polar surface area (TPSA) is 226 Å². The van der Waals surface area contributed by atoms with Gasteiger partial charge in [-0.2, -0.15) is 0 Å². The van der Waals surface area contributed by atoms with Crippen LogP contribution in [0.25, 0.3) is 0 Å². The second-order valence-electron chi connectivity index (χ2n) is 17.6. The van der Waals surface area contributed by atoms with E-state index in [0.717, 1.165) is 22.3 Å². The molecule has 71 heavy (non-hydrogen) atoms. The summed E-state index contributed by atoms with van der Waals surface area (Å²) in [6.07, 6.45) is -11.7. The predicted octanol–water partition coefficient (Wildman–Crippen LogP) is 4.84. The number of aliphatic hydroxyl groups excluding tert-OH is 4. The van der Waals surface area contributed by atoms with Crippen molar-refractivity contribution in [1.82, 2.24) is 0 Å². The SMILES string of the molecule is CC(=O)OC1[C@H](OC(C)=O)OC(C)[C@H](OCc2ccccc2)[C@@H]1OCc1ccccc1.CC1OC(O)C(O)[C@@H](O)[C@H]1O.COC1(C)OC2[C@H](OC(C)[C@H](OCc3ccccc3)[C@@H]2OCc2ccccc2)O1. The van der Waals surface area contributed by atoms with Gasteiger partial charge in [0.25, 0.3) is 5.97 Å². The fraction of sp³-hybridized carbons (Fsp3) is 0.509. The number of hydrogen-bond donors (Lipinski definition) is 4. The fourth-order valence-corrected chi connectivity index (χ4v) is 8.26. The van der Waals surface area contributed by atoms with Gasteiger partial charge in [0, 0.05) is 27.9 Å². The molecule has 4 heterocycles. The van der Waals surface area contributed by atoms with Gasteiger partial charge in [0.15, 0.2) is 18.7 Å². The van der Waals surface area contributed by atoms with Gasteiger partial charge in [0.1, 0.15) is 48.8 Å². The minimum Gasteiger partial charge on any atom is -0.453 e. The average molecular weight is 993 g/mol. The molecule has 4 fully saturated rings. The largest absolute Gasteiger partial charge is 0.453 e. The average Bonchev–Trinajstić information content (AvgIpc) is 3.71. The summed E-state index contributed by atoms with van der Waals surface area (Å²) < 4.78 is 69.6. The molecule has 4 N–H and O–H groups in total. The summed E-state index contributed by atoms with van der Waals surface area (Å²) in [5.74, 6) is -2.24. The van der Waals surface area contributed by atoms with Gasteiger partial charge in [-0.3, -0.25) is 14.3 Å². The lowest BCUT2D eigenvalue weighted by Gasteiger charge is -2.44. The van der Waals surface area contributed by atoms with E-state index in [4.69, 9.17) is 72.5 Å². The molecule has 0 bridgehead atoms. The van der Waals surface area contributed by atoms with Crippen molar-refractivity contribution >= 4 is 11.9 Å². The first-order valence-electron chi connectivity index (χ1n) is 23.6. The van der Waals surface area contributed by atoms with Crippen LogP contribution >= 0.6 is 0 Å². The van der Waals surface area contributed by atoms with Crippen molar-refractivity contribution in [2.45, 2.75) is 166 Å². The van der Waals surface area contributed by atoms with Crippen LogP contribution in [0.15, 0.2) is 121 Å². The lowest BCUT2D eigenvalue weighted by molar-refractivity contribution is -0.333. The van der Waals surface area contributed by atoms with Crippen LogP contribution in [0.4, 0.5) is 0 Å². The highest BCUT2D eigenvalue weighted by Gasteiger charge is 2.57. The summed E-state index contributed by atoms with van der Waals surface area (Å²) in [5.41, 5.74) is 4.11. The molecule has 4 aliphatic rings. The van der Waals surface area contributed by atoms with E-state index >= 15 is 0 Å². The van der Waals surface area contributed by atoms with E-state index in [9.17, 15) is 9.59 Å². The minimum atomic E-state index is -1.43. The quantitative estimate of drug-likeness (QED) is 0.117. The van der Waals surface area contributed by atoms with Crippen molar-refractivity contribution in [2.24, 2.45) is 0 Å².